The third-order valence-electron chi connectivity index (χ3n) is 2.13. The van der Waals surface area contributed by atoms with Crippen LogP contribution in [-0.4, -0.2) is 37.7 Å². The van der Waals surface area contributed by atoms with Gasteiger partial charge >= 0.3 is 0 Å². The molecule has 1 aromatic rings. The molecular weight excluding hydrogens is 272 g/mol. The van der Waals surface area contributed by atoms with Crippen molar-refractivity contribution in [3.8, 4) is 0 Å². The number of nitrogens with two attached hydrogens (primary N) is 1. The van der Waals surface area contributed by atoms with Crippen molar-refractivity contribution in [2.45, 2.75) is 17.9 Å². The van der Waals surface area contributed by atoms with E-state index in [1.165, 1.54) is 11.8 Å². The van der Waals surface area contributed by atoms with Crippen molar-refractivity contribution in [1.82, 2.24) is 4.72 Å². The first-order chi connectivity index (χ1) is 8.43. The molecule has 0 saturated carbocycles. The molecule has 0 saturated heterocycles. The summed E-state index contributed by atoms with van der Waals surface area (Å²) in [5.74, 6) is 0.452. The predicted octanol–water partition coefficient (Wildman–Crippen LogP) is 0.661. The summed E-state index contributed by atoms with van der Waals surface area (Å²) in [6, 6.07) is 6.86. The van der Waals surface area contributed by atoms with E-state index in [9.17, 15) is 8.42 Å². The van der Waals surface area contributed by atoms with Gasteiger partial charge in [0.2, 0.25) is 10.0 Å². The van der Waals surface area contributed by atoms with Gasteiger partial charge in [-0.1, -0.05) is 6.07 Å². The van der Waals surface area contributed by atoms with Gasteiger partial charge in [0.1, 0.15) is 0 Å². The van der Waals surface area contributed by atoms with Crippen molar-refractivity contribution in [2.75, 3.05) is 23.8 Å². The Bertz CT molecular complexity index is 477. The maximum atomic E-state index is 11.6. The summed E-state index contributed by atoms with van der Waals surface area (Å²) in [6.07, 6.45) is 0. The smallest absolute Gasteiger partial charge is 0.212 e. The van der Waals surface area contributed by atoms with Gasteiger partial charge in [0.15, 0.2) is 0 Å². The van der Waals surface area contributed by atoms with Crippen molar-refractivity contribution in [1.29, 1.82) is 0 Å². The summed E-state index contributed by atoms with van der Waals surface area (Å²) in [5.41, 5.74) is 6.29. The molecule has 5 nitrogen and oxygen atoms in total. The zero-order valence-corrected chi connectivity index (χ0v) is 11.8. The molecule has 0 heterocycles. The number of aliphatic hydroxyl groups excluding tert-OH is 1. The maximum Gasteiger partial charge on any atom is 0.212 e. The zero-order chi connectivity index (χ0) is 13.6. The highest BCUT2D eigenvalue weighted by molar-refractivity contribution is 8.00. The number of hydrogen-bond acceptors (Lipinski definition) is 5. The van der Waals surface area contributed by atoms with E-state index in [2.05, 4.69) is 4.72 Å². The molecule has 4 N–H and O–H groups in total. The summed E-state index contributed by atoms with van der Waals surface area (Å²) < 4.78 is 25.6. The highest BCUT2D eigenvalue weighted by Crippen LogP contribution is 2.20. The maximum absolute atomic E-state index is 11.6. The predicted molar refractivity (Wildman–Crippen MR) is 75.0 cm³/mol. The number of thioether (sulfide) groups is 1. The van der Waals surface area contributed by atoms with E-state index in [1.807, 2.05) is 12.1 Å². The fraction of sp³-hybridized carbons (Fsp3) is 0.455. The van der Waals surface area contributed by atoms with Crippen LogP contribution in [0.1, 0.15) is 6.92 Å². The van der Waals surface area contributed by atoms with Gasteiger partial charge < -0.3 is 10.8 Å². The van der Waals surface area contributed by atoms with Gasteiger partial charge in [0.25, 0.3) is 0 Å². The number of anilines is 1. The van der Waals surface area contributed by atoms with Crippen LogP contribution >= 0.6 is 11.8 Å². The lowest BCUT2D eigenvalue weighted by Gasteiger charge is -2.11. The molecule has 1 rings (SSSR count). The molecule has 0 aromatic heterocycles. The van der Waals surface area contributed by atoms with E-state index >= 15 is 0 Å². The Hall–Kier alpha value is -0.760. The van der Waals surface area contributed by atoms with Crippen molar-refractivity contribution in [2.24, 2.45) is 0 Å². The van der Waals surface area contributed by atoms with Gasteiger partial charge in [-0.15, -0.1) is 11.8 Å². The molecule has 0 aliphatic rings. The lowest BCUT2D eigenvalue weighted by Crippen LogP contribution is -2.37. The SMILES string of the molecule is C[C@H](CO)NS(=O)(=O)CCSc1cccc(N)c1. The number of rotatable bonds is 7. The second kappa shape index (κ2) is 6.98. The molecule has 1 atom stereocenters. The number of nitrogen functional groups attached to an aromatic ring is 1. The molecule has 1 aromatic carbocycles. The van der Waals surface area contributed by atoms with E-state index in [0.29, 0.717) is 11.4 Å². The summed E-state index contributed by atoms with van der Waals surface area (Å²) in [5, 5.41) is 8.79. The zero-order valence-electron chi connectivity index (χ0n) is 10.2. The average Bonchev–Trinajstić information content (AvgIpc) is 2.28. The van der Waals surface area contributed by atoms with Gasteiger partial charge in [-0.05, 0) is 25.1 Å². The highest BCUT2D eigenvalue weighted by atomic mass is 32.2. The number of hydrogen-bond donors (Lipinski definition) is 3. The van der Waals surface area contributed by atoms with Crippen LogP contribution in [0.5, 0.6) is 0 Å². The molecule has 0 amide bonds. The van der Waals surface area contributed by atoms with E-state index in [1.54, 1.807) is 19.1 Å². The van der Waals surface area contributed by atoms with Crippen LogP contribution in [0.15, 0.2) is 29.2 Å². The molecule has 0 spiro atoms. The number of sulfonamides is 1. The van der Waals surface area contributed by atoms with E-state index in [4.69, 9.17) is 10.8 Å². The first-order valence-electron chi connectivity index (χ1n) is 5.52. The van der Waals surface area contributed by atoms with Gasteiger partial charge in [-0.25, -0.2) is 13.1 Å². The van der Waals surface area contributed by atoms with Crippen LogP contribution in [0.4, 0.5) is 5.69 Å². The fourth-order valence-corrected chi connectivity index (χ4v) is 3.92. The molecule has 0 aliphatic heterocycles. The molecule has 0 fully saturated rings. The summed E-state index contributed by atoms with van der Waals surface area (Å²) >= 11 is 1.43. The lowest BCUT2D eigenvalue weighted by molar-refractivity contribution is 0.265. The van der Waals surface area contributed by atoms with Crippen LogP contribution in [0.2, 0.25) is 0 Å². The fourth-order valence-electron chi connectivity index (χ4n) is 1.28. The minimum atomic E-state index is -3.34. The van der Waals surface area contributed by atoms with Crippen molar-refractivity contribution < 1.29 is 13.5 Å². The Morgan fingerprint density at radius 2 is 2.22 bits per heavy atom. The second-order valence-corrected chi connectivity index (χ2v) is 6.98. The Morgan fingerprint density at radius 1 is 1.50 bits per heavy atom. The van der Waals surface area contributed by atoms with Crippen molar-refractivity contribution in [3.63, 3.8) is 0 Å². The van der Waals surface area contributed by atoms with Gasteiger partial charge in [0.05, 0.1) is 12.4 Å². The average molecular weight is 290 g/mol. The number of aliphatic hydroxyl groups is 1. The minimum Gasteiger partial charge on any atom is -0.399 e. The quantitative estimate of drug-likeness (QED) is 0.507. The molecule has 0 radical (unpaired) electrons. The minimum absolute atomic E-state index is 0.0107. The van der Waals surface area contributed by atoms with E-state index < -0.39 is 16.1 Å². The Balaban J connectivity index is 2.42. The van der Waals surface area contributed by atoms with Crippen LogP contribution in [0.25, 0.3) is 0 Å². The Kier molecular flexibility index (Phi) is 5.94. The molecule has 18 heavy (non-hydrogen) atoms. The Morgan fingerprint density at radius 3 is 2.83 bits per heavy atom. The lowest BCUT2D eigenvalue weighted by atomic mass is 10.3. The first kappa shape index (κ1) is 15.3. The largest absolute Gasteiger partial charge is 0.399 e. The van der Waals surface area contributed by atoms with Crippen LogP contribution in [0.3, 0.4) is 0 Å². The van der Waals surface area contributed by atoms with Crippen LogP contribution in [0, 0.1) is 0 Å². The topological polar surface area (TPSA) is 92.4 Å². The number of benzene rings is 1. The van der Waals surface area contributed by atoms with E-state index in [-0.39, 0.29) is 12.4 Å². The summed E-state index contributed by atoms with van der Waals surface area (Å²) in [7, 11) is -3.34. The molecule has 102 valence electrons. The molecule has 0 unspecified atom stereocenters. The van der Waals surface area contributed by atoms with Gasteiger partial charge in [-0.3, -0.25) is 0 Å². The standard InChI is InChI=1S/C11H18N2O3S2/c1-9(8-14)13-18(15,16)6-5-17-11-4-2-3-10(12)7-11/h2-4,7,9,13-14H,5-6,8,12H2,1H3/t9-/m1/s1. The monoisotopic (exact) mass is 290 g/mol. The van der Waals surface area contributed by atoms with Gasteiger partial charge in [0, 0.05) is 22.4 Å². The highest BCUT2D eigenvalue weighted by Gasteiger charge is 2.13. The molecular formula is C11H18N2O3S2. The van der Waals surface area contributed by atoms with Crippen LogP contribution < -0.4 is 10.5 Å². The molecule has 0 bridgehead atoms. The third kappa shape index (κ3) is 5.72. The summed E-state index contributed by atoms with van der Waals surface area (Å²) in [6.45, 7) is 1.41. The molecule has 7 heteroatoms. The summed E-state index contributed by atoms with van der Waals surface area (Å²) in [4.78, 5) is 0.945. The van der Waals surface area contributed by atoms with Crippen molar-refractivity contribution in [3.05, 3.63) is 24.3 Å². The van der Waals surface area contributed by atoms with E-state index in [0.717, 1.165) is 4.90 Å². The van der Waals surface area contributed by atoms with Gasteiger partial charge in [-0.2, -0.15) is 0 Å². The normalized spacial score (nSPS) is 13.4. The number of nitrogens with one attached hydrogen (secondary N) is 1. The third-order valence-corrected chi connectivity index (χ3v) is 4.89. The molecule has 0 aliphatic carbocycles. The second-order valence-electron chi connectivity index (χ2n) is 3.94. The Labute approximate surface area is 112 Å². The first-order valence-corrected chi connectivity index (χ1v) is 8.16. The van der Waals surface area contributed by atoms with Crippen molar-refractivity contribution >= 4 is 27.5 Å². The van der Waals surface area contributed by atoms with Crippen LogP contribution in [-0.2, 0) is 10.0 Å².